The lowest BCUT2D eigenvalue weighted by molar-refractivity contribution is 0.0185. The molecule has 1 unspecified atom stereocenters. The van der Waals surface area contributed by atoms with Gasteiger partial charge in [-0.2, -0.15) is 0 Å². The number of likely N-dealkylation sites (tertiary alicyclic amines) is 1. The van der Waals surface area contributed by atoms with E-state index in [0.29, 0.717) is 0 Å². The monoisotopic (exact) mass is 269 g/mol. The maximum atomic E-state index is 5.51. The summed E-state index contributed by atoms with van der Waals surface area (Å²) in [6.07, 6.45) is 7.96. The molecular weight excluding hydrogens is 238 g/mol. The highest BCUT2D eigenvalue weighted by Crippen LogP contribution is 2.17. The minimum absolute atomic E-state index is 0.793. The zero-order valence-electron chi connectivity index (χ0n) is 12.4. The van der Waals surface area contributed by atoms with Crippen molar-refractivity contribution in [1.29, 1.82) is 0 Å². The summed E-state index contributed by atoms with van der Waals surface area (Å²) in [5.74, 6) is 0. The van der Waals surface area contributed by atoms with Crippen LogP contribution < -0.4 is 5.73 Å². The van der Waals surface area contributed by atoms with E-state index in [0.717, 1.165) is 38.9 Å². The van der Waals surface area contributed by atoms with Crippen LogP contribution in [-0.2, 0) is 4.74 Å². The summed E-state index contributed by atoms with van der Waals surface area (Å²) >= 11 is 0. The zero-order valence-corrected chi connectivity index (χ0v) is 12.4. The number of nitrogens with two attached hydrogens (primary N) is 1. The van der Waals surface area contributed by atoms with Crippen molar-refractivity contribution < 1.29 is 4.74 Å². The van der Waals surface area contributed by atoms with Gasteiger partial charge in [-0.05, 0) is 38.9 Å². The molecule has 0 aromatic carbocycles. The number of hydrogen-bond donors (Lipinski definition) is 1. The molecule has 2 saturated heterocycles. The number of rotatable bonds is 8. The molecule has 2 rings (SSSR count). The van der Waals surface area contributed by atoms with Gasteiger partial charge in [-0.3, -0.25) is 4.90 Å². The summed E-state index contributed by atoms with van der Waals surface area (Å²) in [7, 11) is 0. The first-order valence-electron chi connectivity index (χ1n) is 8.14. The van der Waals surface area contributed by atoms with E-state index in [-0.39, 0.29) is 0 Å². The topological polar surface area (TPSA) is 41.7 Å². The summed E-state index contributed by atoms with van der Waals surface area (Å²) in [6.45, 7) is 8.86. The average molecular weight is 269 g/mol. The smallest absolute Gasteiger partial charge is 0.0594 e. The van der Waals surface area contributed by atoms with Gasteiger partial charge in [-0.15, -0.1) is 0 Å². The first-order valence-corrected chi connectivity index (χ1v) is 8.14. The number of nitrogens with zero attached hydrogens (tertiary/aromatic N) is 2. The summed E-state index contributed by atoms with van der Waals surface area (Å²) < 4.78 is 5.43. The summed E-state index contributed by atoms with van der Waals surface area (Å²) in [6, 6.07) is 0.793. The van der Waals surface area contributed by atoms with Gasteiger partial charge in [0, 0.05) is 25.7 Å². The Morgan fingerprint density at radius 1 is 0.947 bits per heavy atom. The number of unbranched alkanes of at least 4 members (excludes halogenated alkanes) is 4. The van der Waals surface area contributed by atoms with Crippen LogP contribution in [0.2, 0.25) is 0 Å². The van der Waals surface area contributed by atoms with Crippen LogP contribution >= 0.6 is 0 Å². The third-order valence-electron chi connectivity index (χ3n) is 4.49. The van der Waals surface area contributed by atoms with E-state index in [1.54, 1.807) is 0 Å². The summed E-state index contributed by atoms with van der Waals surface area (Å²) in [5, 5.41) is 0. The maximum Gasteiger partial charge on any atom is 0.0594 e. The van der Waals surface area contributed by atoms with Gasteiger partial charge in [-0.25, -0.2) is 0 Å². The number of hydrogen-bond acceptors (Lipinski definition) is 4. The SMILES string of the molecule is NCCCCCCCN1CCC(N2CCOCC2)C1. The number of morpholine rings is 1. The largest absolute Gasteiger partial charge is 0.379 e. The normalized spacial score (nSPS) is 26.1. The van der Waals surface area contributed by atoms with Crippen LogP contribution in [0.5, 0.6) is 0 Å². The van der Waals surface area contributed by atoms with E-state index in [1.807, 2.05) is 0 Å². The Kier molecular flexibility index (Phi) is 7.14. The minimum Gasteiger partial charge on any atom is -0.379 e. The first-order chi connectivity index (χ1) is 9.40. The predicted octanol–water partition coefficient (Wildman–Crippen LogP) is 1.30. The van der Waals surface area contributed by atoms with E-state index in [9.17, 15) is 0 Å². The Balaban J connectivity index is 1.52. The van der Waals surface area contributed by atoms with Crippen LogP contribution in [0.3, 0.4) is 0 Å². The van der Waals surface area contributed by atoms with Crippen molar-refractivity contribution in [3.05, 3.63) is 0 Å². The van der Waals surface area contributed by atoms with Gasteiger partial charge in [0.2, 0.25) is 0 Å². The highest BCUT2D eigenvalue weighted by Gasteiger charge is 2.28. The van der Waals surface area contributed by atoms with E-state index < -0.39 is 0 Å². The molecule has 0 bridgehead atoms. The van der Waals surface area contributed by atoms with Gasteiger partial charge in [0.05, 0.1) is 13.2 Å². The predicted molar refractivity (Wildman–Crippen MR) is 79.4 cm³/mol. The molecule has 2 heterocycles. The molecule has 0 aliphatic carbocycles. The molecule has 4 heteroatoms. The molecule has 0 saturated carbocycles. The molecule has 0 aromatic rings. The molecule has 1 atom stereocenters. The number of ether oxygens (including phenoxy) is 1. The molecule has 0 amide bonds. The lowest BCUT2D eigenvalue weighted by Gasteiger charge is -2.32. The Morgan fingerprint density at radius 2 is 1.68 bits per heavy atom. The quantitative estimate of drug-likeness (QED) is 0.675. The first kappa shape index (κ1) is 15.2. The second-order valence-electron chi connectivity index (χ2n) is 5.95. The van der Waals surface area contributed by atoms with Crippen LogP contribution in [0.1, 0.15) is 38.5 Å². The molecule has 112 valence electrons. The Labute approximate surface area is 118 Å². The van der Waals surface area contributed by atoms with Crippen molar-refractivity contribution in [2.75, 3.05) is 52.5 Å². The van der Waals surface area contributed by atoms with E-state index >= 15 is 0 Å². The van der Waals surface area contributed by atoms with Gasteiger partial charge < -0.3 is 15.4 Å². The average Bonchev–Trinajstić information content (AvgIpc) is 2.92. The lowest BCUT2D eigenvalue weighted by atomic mass is 10.1. The lowest BCUT2D eigenvalue weighted by Crippen LogP contribution is -2.44. The van der Waals surface area contributed by atoms with E-state index in [4.69, 9.17) is 10.5 Å². The van der Waals surface area contributed by atoms with Gasteiger partial charge in [0.1, 0.15) is 0 Å². The second kappa shape index (κ2) is 8.90. The van der Waals surface area contributed by atoms with Crippen LogP contribution in [0.15, 0.2) is 0 Å². The fourth-order valence-electron chi connectivity index (χ4n) is 3.27. The third kappa shape index (κ3) is 5.38. The molecule has 2 N–H and O–H groups in total. The Bertz CT molecular complexity index is 231. The van der Waals surface area contributed by atoms with Crippen LogP contribution in [0.4, 0.5) is 0 Å². The molecular formula is C15H31N3O. The van der Waals surface area contributed by atoms with Gasteiger partial charge in [0.15, 0.2) is 0 Å². The van der Waals surface area contributed by atoms with Crippen molar-refractivity contribution >= 4 is 0 Å². The van der Waals surface area contributed by atoms with Gasteiger partial charge >= 0.3 is 0 Å². The molecule has 2 fully saturated rings. The molecule has 0 spiro atoms. The van der Waals surface area contributed by atoms with E-state index in [1.165, 1.54) is 58.2 Å². The van der Waals surface area contributed by atoms with Crippen LogP contribution in [-0.4, -0.2) is 68.3 Å². The molecule has 2 aliphatic rings. The van der Waals surface area contributed by atoms with Crippen LogP contribution in [0, 0.1) is 0 Å². The van der Waals surface area contributed by atoms with E-state index in [2.05, 4.69) is 9.80 Å². The van der Waals surface area contributed by atoms with Crippen LogP contribution in [0.25, 0.3) is 0 Å². The van der Waals surface area contributed by atoms with Crippen molar-refractivity contribution in [2.24, 2.45) is 5.73 Å². The minimum atomic E-state index is 0.793. The fourth-order valence-corrected chi connectivity index (χ4v) is 3.27. The molecule has 2 aliphatic heterocycles. The Morgan fingerprint density at radius 3 is 2.47 bits per heavy atom. The zero-order chi connectivity index (χ0) is 13.3. The fraction of sp³-hybridized carbons (Fsp3) is 1.00. The van der Waals surface area contributed by atoms with Gasteiger partial charge in [0.25, 0.3) is 0 Å². The van der Waals surface area contributed by atoms with Gasteiger partial charge in [-0.1, -0.05) is 19.3 Å². The highest BCUT2D eigenvalue weighted by atomic mass is 16.5. The Hall–Kier alpha value is -0.160. The highest BCUT2D eigenvalue weighted by molar-refractivity contribution is 4.84. The molecule has 4 nitrogen and oxygen atoms in total. The maximum absolute atomic E-state index is 5.51. The van der Waals surface area contributed by atoms with Crippen molar-refractivity contribution in [3.8, 4) is 0 Å². The van der Waals surface area contributed by atoms with Crippen molar-refractivity contribution in [3.63, 3.8) is 0 Å². The molecule has 19 heavy (non-hydrogen) atoms. The summed E-state index contributed by atoms with van der Waals surface area (Å²) in [4.78, 5) is 5.29. The standard InChI is InChI=1S/C15H31N3O/c16-7-4-2-1-3-5-8-17-9-6-15(14-17)18-10-12-19-13-11-18/h15H,1-14,16H2. The molecule has 0 radical (unpaired) electrons. The third-order valence-corrected chi connectivity index (χ3v) is 4.49. The molecule has 0 aromatic heterocycles. The second-order valence-corrected chi connectivity index (χ2v) is 5.95. The van der Waals surface area contributed by atoms with Crippen molar-refractivity contribution in [1.82, 2.24) is 9.80 Å². The summed E-state index contributed by atoms with van der Waals surface area (Å²) in [5.41, 5.74) is 5.51. The van der Waals surface area contributed by atoms with Crippen molar-refractivity contribution in [2.45, 2.75) is 44.6 Å².